The number of carbonyl (C=O) groups is 2. The maximum absolute atomic E-state index is 11.9. The van der Waals surface area contributed by atoms with Gasteiger partial charge in [0, 0.05) is 5.56 Å². The summed E-state index contributed by atoms with van der Waals surface area (Å²) < 4.78 is 9.97. The quantitative estimate of drug-likeness (QED) is 0.441. The van der Waals surface area contributed by atoms with E-state index in [2.05, 4.69) is 15.8 Å². The Kier molecular flexibility index (Phi) is 7.19. The molecule has 0 heterocycles. The zero-order valence-electron chi connectivity index (χ0n) is 14.6. The van der Waals surface area contributed by atoms with Crippen molar-refractivity contribution >= 4 is 18.2 Å². The zero-order valence-corrected chi connectivity index (χ0v) is 14.6. The molecule has 0 unspecified atom stereocenters. The molecule has 0 aliphatic rings. The molecule has 0 aliphatic heterocycles. The van der Waals surface area contributed by atoms with Gasteiger partial charge in [-0.05, 0) is 32.9 Å². The number of phenols is 1. The SMILES string of the molecule is COc1cccc(/C=N/NC(=O)[C@H](CO)NC(=O)OC(C)(C)C)c1O. The standard InChI is InChI=1S/C16H23N3O6/c1-16(2,3)25-15(23)18-11(9-20)14(22)19-17-8-10-6-5-7-12(24-4)13(10)21/h5-8,11,20-21H,9H2,1-4H3,(H,18,23)(H,19,22)/b17-8+/t11-/m0/s1. The van der Waals surface area contributed by atoms with Crippen LogP contribution in [0.5, 0.6) is 11.5 Å². The average Bonchev–Trinajstić information content (AvgIpc) is 2.52. The monoisotopic (exact) mass is 353 g/mol. The number of nitrogens with one attached hydrogen (secondary N) is 2. The van der Waals surface area contributed by atoms with Crippen LogP contribution < -0.4 is 15.5 Å². The van der Waals surface area contributed by atoms with Crippen molar-refractivity contribution in [2.45, 2.75) is 32.4 Å². The van der Waals surface area contributed by atoms with Crippen molar-refractivity contribution in [3.05, 3.63) is 23.8 Å². The topological polar surface area (TPSA) is 129 Å². The van der Waals surface area contributed by atoms with E-state index in [4.69, 9.17) is 9.47 Å². The van der Waals surface area contributed by atoms with Crippen LogP contribution in [0.25, 0.3) is 0 Å². The molecule has 1 aromatic rings. The number of aliphatic hydroxyl groups excluding tert-OH is 1. The van der Waals surface area contributed by atoms with Crippen molar-refractivity contribution in [1.82, 2.24) is 10.7 Å². The average molecular weight is 353 g/mol. The Morgan fingerprint density at radius 3 is 2.60 bits per heavy atom. The van der Waals surface area contributed by atoms with Gasteiger partial charge in [-0.1, -0.05) is 6.07 Å². The second kappa shape index (κ2) is 8.88. The zero-order chi connectivity index (χ0) is 19.0. The summed E-state index contributed by atoms with van der Waals surface area (Å²) in [5, 5.41) is 25.0. The molecule has 0 aliphatic carbocycles. The largest absolute Gasteiger partial charge is 0.504 e. The summed E-state index contributed by atoms with van der Waals surface area (Å²) in [6.45, 7) is 4.38. The van der Waals surface area contributed by atoms with Crippen LogP contribution in [-0.2, 0) is 9.53 Å². The van der Waals surface area contributed by atoms with Gasteiger partial charge in [0.05, 0.1) is 19.9 Å². The number of rotatable bonds is 6. The number of hydrogen-bond donors (Lipinski definition) is 4. The number of hydrogen-bond acceptors (Lipinski definition) is 7. The molecular formula is C16H23N3O6. The first kappa shape index (κ1) is 20.2. The summed E-state index contributed by atoms with van der Waals surface area (Å²) >= 11 is 0. The molecule has 138 valence electrons. The van der Waals surface area contributed by atoms with E-state index >= 15 is 0 Å². The number of methoxy groups -OCH3 is 1. The Hall–Kier alpha value is -2.81. The highest BCUT2D eigenvalue weighted by Crippen LogP contribution is 2.27. The Bertz CT molecular complexity index is 639. The van der Waals surface area contributed by atoms with Crippen molar-refractivity contribution in [2.75, 3.05) is 13.7 Å². The molecule has 1 atom stereocenters. The first-order valence-electron chi connectivity index (χ1n) is 7.47. The third-order valence-electron chi connectivity index (χ3n) is 2.82. The third-order valence-corrected chi connectivity index (χ3v) is 2.82. The number of amides is 2. The molecule has 0 bridgehead atoms. The molecule has 9 nitrogen and oxygen atoms in total. The van der Waals surface area contributed by atoms with Crippen LogP contribution in [-0.4, -0.2) is 53.8 Å². The number of hydrazone groups is 1. The maximum atomic E-state index is 11.9. The Morgan fingerprint density at radius 2 is 2.04 bits per heavy atom. The van der Waals surface area contributed by atoms with Gasteiger partial charge in [-0.25, -0.2) is 10.2 Å². The summed E-state index contributed by atoms with van der Waals surface area (Å²) in [6.07, 6.45) is 0.369. The highest BCUT2D eigenvalue weighted by molar-refractivity contribution is 5.88. The summed E-state index contributed by atoms with van der Waals surface area (Å²) in [4.78, 5) is 23.6. The molecule has 4 N–H and O–H groups in total. The highest BCUT2D eigenvalue weighted by Gasteiger charge is 2.23. The van der Waals surface area contributed by atoms with E-state index in [9.17, 15) is 19.8 Å². The van der Waals surface area contributed by atoms with Gasteiger partial charge < -0.3 is 25.0 Å². The number of ether oxygens (including phenoxy) is 2. The van der Waals surface area contributed by atoms with Crippen molar-refractivity contribution in [3.8, 4) is 11.5 Å². The van der Waals surface area contributed by atoms with Gasteiger partial charge in [-0.3, -0.25) is 4.79 Å². The summed E-state index contributed by atoms with van der Waals surface area (Å²) in [6, 6.07) is 3.54. The lowest BCUT2D eigenvalue weighted by Crippen LogP contribution is -2.49. The molecule has 1 aromatic carbocycles. The van der Waals surface area contributed by atoms with Gasteiger partial charge in [-0.2, -0.15) is 5.10 Å². The van der Waals surface area contributed by atoms with E-state index in [1.807, 2.05) is 0 Å². The van der Waals surface area contributed by atoms with Gasteiger partial charge >= 0.3 is 6.09 Å². The van der Waals surface area contributed by atoms with Crippen LogP contribution in [0.1, 0.15) is 26.3 Å². The van der Waals surface area contributed by atoms with Gasteiger partial charge in [0.25, 0.3) is 5.91 Å². The predicted octanol–water partition coefficient (Wildman–Crippen LogP) is 0.736. The van der Waals surface area contributed by atoms with Crippen molar-refractivity contribution in [3.63, 3.8) is 0 Å². The lowest BCUT2D eigenvalue weighted by atomic mass is 10.2. The van der Waals surface area contributed by atoms with E-state index in [1.54, 1.807) is 39.0 Å². The normalized spacial score (nSPS) is 12.5. The molecule has 0 radical (unpaired) electrons. The fourth-order valence-corrected chi connectivity index (χ4v) is 1.70. The van der Waals surface area contributed by atoms with Crippen LogP contribution >= 0.6 is 0 Å². The number of benzene rings is 1. The molecule has 0 saturated heterocycles. The fraction of sp³-hybridized carbons (Fsp3) is 0.438. The van der Waals surface area contributed by atoms with Crippen LogP contribution in [0, 0.1) is 0 Å². The number of aliphatic hydroxyl groups is 1. The Morgan fingerprint density at radius 1 is 1.36 bits per heavy atom. The minimum Gasteiger partial charge on any atom is -0.504 e. The number of aromatic hydroxyl groups is 1. The first-order valence-corrected chi connectivity index (χ1v) is 7.47. The molecular weight excluding hydrogens is 330 g/mol. The number of para-hydroxylation sites is 1. The second-order valence-electron chi connectivity index (χ2n) is 6.01. The third kappa shape index (κ3) is 6.68. The molecule has 25 heavy (non-hydrogen) atoms. The molecule has 0 saturated carbocycles. The molecule has 9 heteroatoms. The lowest BCUT2D eigenvalue weighted by Gasteiger charge is -2.21. The number of nitrogens with zero attached hydrogens (tertiary/aromatic N) is 1. The van der Waals surface area contributed by atoms with Crippen LogP contribution in [0.2, 0.25) is 0 Å². The summed E-state index contributed by atoms with van der Waals surface area (Å²) in [5.41, 5.74) is 1.75. The smallest absolute Gasteiger partial charge is 0.408 e. The van der Waals surface area contributed by atoms with E-state index < -0.39 is 30.3 Å². The second-order valence-corrected chi connectivity index (χ2v) is 6.01. The number of phenolic OH excluding ortho intramolecular Hbond substituents is 1. The van der Waals surface area contributed by atoms with Crippen LogP contribution in [0.15, 0.2) is 23.3 Å². The first-order chi connectivity index (χ1) is 11.7. The minimum atomic E-state index is -1.23. The summed E-state index contributed by atoms with van der Waals surface area (Å²) in [7, 11) is 1.41. The van der Waals surface area contributed by atoms with E-state index in [1.165, 1.54) is 13.3 Å². The predicted molar refractivity (Wildman–Crippen MR) is 90.6 cm³/mol. The van der Waals surface area contributed by atoms with E-state index in [0.29, 0.717) is 5.56 Å². The maximum Gasteiger partial charge on any atom is 0.408 e. The lowest BCUT2D eigenvalue weighted by molar-refractivity contribution is -0.124. The molecule has 1 rings (SSSR count). The van der Waals surface area contributed by atoms with Gasteiger partial charge in [0.15, 0.2) is 11.5 Å². The van der Waals surface area contributed by atoms with E-state index in [0.717, 1.165) is 0 Å². The number of carbonyl (C=O) groups excluding carboxylic acids is 2. The Balaban J connectivity index is 2.66. The van der Waals surface area contributed by atoms with Gasteiger partial charge in [0.2, 0.25) is 0 Å². The van der Waals surface area contributed by atoms with Gasteiger partial charge in [-0.15, -0.1) is 0 Å². The Labute approximate surface area is 145 Å². The van der Waals surface area contributed by atoms with Crippen molar-refractivity contribution in [2.24, 2.45) is 5.10 Å². The minimum absolute atomic E-state index is 0.131. The van der Waals surface area contributed by atoms with Crippen LogP contribution in [0.3, 0.4) is 0 Å². The fourth-order valence-electron chi connectivity index (χ4n) is 1.70. The summed E-state index contributed by atoms with van der Waals surface area (Å²) in [5.74, 6) is -0.615. The van der Waals surface area contributed by atoms with Crippen molar-refractivity contribution in [1.29, 1.82) is 0 Å². The highest BCUT2D eigenvalue weighted by atomic mass is 16.6. The number of alkyl carbamates (subject to hydrolysis) is 1. The molecule has 0 fully saturated rings. The van der Waals surface area contributed by atoms with Crippen LogP contribution in [0.4, 0.5) is 4.79 Å². The molecule has 0 spiro atoms. The van der Waals surface area contributed by atoms with Crippen molar-refractivity contribution < 1.29 is 29.3 Å². The van der Waals surface area contributed by atoms with E-state index in [-0.39, 0.29) is 11.5 Å². The molecule has 0 aromatic heterocycles. The molecule has 2 amide bonds. The van der Waals surface area contributed by atoms with Gasteiger partial charge in [0.1, 0.15) is 11.6 Å².